The van der Waals surface area contributed by atoms with Gasteiger partial charge in [0.05, 0.1) is 12.8 Å². The van der Waals surface area contributed by atoms with Gasteiger partial charge in [0.2, 0.25) is 0 Å². The van der Waals surface area contributed by atoms with Crippen LogP contribution in [0.4, 0.5) is 0 Å². The van der Waals surface area contributed by atoms with Crippen molar-refractivity contribution in [2.24, 2.45) is 15.4 Å². The van der Waals surface area contributed by atoms with Gasteiger partial charge in [-0.15, -0.1) is 0 Å². The van der Waals surface area contributed by atoms with Crippen molar-refractivity contribution in [2.75, 3.05) is 7.05 Å². The molecule has 0 unspecified atom stereocenters. The van der Waals surface area contributed by atoms with Gasteiger partial charge in [-0.1, -0.05) is 5.22 Å². The van der Waals surface area contributed by atoms with Crippen LogP contribution in [-0.2, 0) is 0 Å². The van der Waals surface area contributed by atoms with E-state index in [4.69, 9.17) is 0 Å². The summed E-state index contributed by atoms with van der Waals surface area (Å²) in [5.74, 6) is 0. The van der Waals surface area contributed by atoms with Crippen LogP contribution < -0.4 is 0 Å². The molecule has 1 aliphatic rings. The van der Waals surface area contributed by atoms with E-state index in [9.17, 15) is 0 Å². The molecule has 0 saturated heterocycles. The van der Waals surface area contributed by atoms with Crippen molar-refractivity contribution >= 4 is 5.71 Å². The van der Waals surface area contributed by atoms with Crippen molar-refractivity contribution in [3.8, 4) is 0 Å². The first-order chi connectivity index (χ1) is 4.52. The molecule has 4 nitrogen and oxygen atoms in total. The lowest BCUT2D eigenvalue weighted by Gasteiger charge is -2.23. The topological polar surface area (TPSA) is 40.3 Å². The summed E-state index contributed by atoms with van der Waals surface area (Å²) < 4.78 is 0. The summed E-state index contributed by atoms with van der Waals surface area (Å²) in [7, 11) is 1.77. The molecular weight excluding hydrogens is 128 g/mol. The fraction of sp³-hybridized carbons (Fsp3) is 0.833. The van der Waals surface area contributed by atoms with E-state index in [2.05, 4.69) is 15.4 Å². The molecule has 56 valence electrons. The van der Waals surface area contributed by atoms with Gasteiger partial charge in [0, 0.05) is 0 Å². The molecule has 0 aromatic carbocycles. The molecule has 0 aromatic rings. The molecule has 0 fully saturated rings. The molecule has 0 bridgehead atoms. The first kappa shape index (κ1) is 7.18. The van der Waals surface area contributed by atoms with Gasteiger partial charge < -0.3 is 0 Å². The Labute approximate surface area is 60.6 Å². The van der Waals surface area contributed by atoms with Gasteiger partial charge in [0.25, 0.3) is 0 Å². The zero-order valence-corrected chi connectivity index (χ0v) is 6.79. The van der Waals surface area contributed by atoms with Crippen LogP contribution in [-0.4, -0.2) is 23.4 Å². The lowest BCUT2D eigenvalue weighted by atomic mass is 10.0. The molecule has 0 aliphatic carbocycles. The highest BCUT2D eigenvalue weighted by atomic mass is 15.7. The van der Waals surface area contributed by atoms with Gasteiger partial charge in [-0.25, -0.2) is 0 Å². The summed E-state index contributed by atoms with van der Waals surface area (Å²) in [4.78, 5) is 0. The predicted molar refractivity (Wildman–Crippen MR) is 39.8 cm³/mol. The minimum absolute atomic E-state index is 0.216. The van der Waals surface area contributed by atoms with E-state index in [-0.39, 0.29) is 5.54 Å². The van der Waals surface area contributed by atoms with E-state index in [1.807, 2.05) is 20.8 Å². The van der Waals surface area contributed by atoms with Crippen LogP contribution in [0.5, 0.6) is 0 Å². The molecule has 0 radical (unpaired) electrons. The van der Waals surface area contributed by atoms with Crippen molar-refractivity contribution in [1.82, 2.24) is 5.12 Å². The zero-order valence-electron chi connectivity index (χ0n) is 6.79. The van der Waals surface area contributed by atoms with E-state index in [1.165, 1.54) is 5.12 Å². The van der Waals surface area contributed by atoms with E-state index >= 15 is 0 Å². The van der Waals surface area contributed by atoms with E-state index in [1.54, 1.807) is 7.05 Å². The van der Waals surface area contributed by atoms with Crippen LogP contribution in [0.2, 0.25) is 0 Å². The van der Waals surface area contributed by atoms with Crippen molar-refractivity contribution in [3.63, 3.8) is 0 Å². The third-order valence-electron chi connectivity index (χ3n) is 1.60. The third-order valence-corrected chi connectivity index (χ3v) is 1.60. The smallest absolute Gasteiger partial charge is 0.118 e. The average molecular weight is 140 g/mol. The van der Waals surface area contributed by atoms with Crippen molar-refractivity contribution in [2.45, 2.75) is 26.3 Å². The number of hydrogen-bond donors (Lipinski definition) is 0. The molecular formula is C6H12N4. The first-order valence-corrected chi connectivity index (χ1v) is 3.24. The van der Waals surface area contributed by atoms with Crippen LogP contribution in [0.15, 0.2) is 15.4 Å². The summed E-state index contributed by atoms with van der Waals surface area (Å²) in [5.41, 5.74) is 0.775. The Bertz CT molecular complexity index is 192. The molecule has 0 saturated carbocycles. The molecule has 0 aromatic heterocycles. The summed E-state index contributed by atoms with van der Waals surface area (Å²) in [6.45, 7) is 5.93. The normalized spacial score (nSPS) is 22.8. The minimum Gasteiger partial charge on any atom is -0.170 e. The molecule has 0 atom stereocenters. The van der Waals surface area contributed by atoms with Crippen LogP contribution in [0.1, 0.15) is 20.8 Å². The monoisotopic (exact) mass is 140 g/mol. The molecule has 0 amide bonds. The Morgan fingerprint density at radius 2 is 2.00 bits per heavy atom. The zero-order chi connectivity index (χ0) is 7.78. The highest BCUT2D eigenvalue weighted by molar-refractivity contribution is 5.90. The van der Waals surface area contributed by atoms with Crippen molar-refractivity contribution in [3.05, 3.63) is 0 Å². The molecule has 0 N–H and O–H groups in total. The van der Waals surface area contributed by atoms with Gasteiger partial charge in [-0.05, 0) is 20.8 Å². The Hall–Kier alpha value is -0.930. The lowest BCUT2D eigenvalue weighted by Crippen LogP contribution is -2.31. The van der Waals surface area contributed by atoms with Crippen LogP contribution in [0.25, 0.3) is 0 Å². The largest absolute Gasteiger partial charge is 0.170 e. The second-order valence-electron chi connectivity index (χ2n) is 2.92. The highest BCUT2D eigenvalue weighted by Crippen LogP contribution is 2.16. The Kier molecular flexibility index (Phi) is 1.46. The fourth-order valence-electron chi connectivity index (χ4n) is 0.608. The van der Waals surface area contributed by atoms with E-state index in [0.717, 1.165) is 5.71 Å². The minimum atomic E-state index is -0.216. The maximum atomic E-state index is 4.12. The number of nitrogens with zero attached hydrogens (tertiary/aromatic N) is 4. The van der Waals surface area contributed by atoms with E-state index in [0.29, 0.717) is 0 Å². The Morgan fingerprint density at radius 3 is 2.40 bits per heavy atom. The standard InChI is InChI=1S/C6H12N4/c1-5-6(2,3)8-9-10(4)7-5/h1-4H3. The van der Waals surface area contributed by atoms with Gasteiger partial charge in [0.1, 0.15) is 5.54 Å². The molecule has 0 spiro atoms. The molecule has 10 heavy (non-hydrogen) atoms. The molecule has 1 aliphatic heterocycles. The van der Waals surface area contributed by atoms with Crippen molar-refractivity contribution in [1.29, 1.82) is 0 Å². The predicted octanol–water partition coefficient (Wildman–Crippen LogP) is 1.45. The van der Waals surface area contributed by atoms with Crippen molar-refractivity contribution < 1.29 is 0 Å². The Morgan fingerprint density at radius 1 is 1.40 bits per heavy atom. The fourth-order valence-corrected chi connectivity index (χ4v) is 0.608. The third kappa shape index (κ3) is 1.15. The molecule has 4 heteroatoms. The van der Waals surface area contributed by atoms with Crippen LogP contribution in [0.3, 0.4) is 0 Å². The summed E-state index contributed by atoms with van der Waals surface area (Å²) in [5, 5.41) is 13.4. The quantitative estimate of drug-likeness (QED) is 0.502. The maximum absolute atomic E-state index is 4.12. The maximum Gasteiger partial charge on any atom is 0.118 e. The average Bonchev–Trinajstić information content (AvgIpc) is 1.81. The molecule has 1 rings (SSSR count). The Balaban J connectivity index is 2.87. The van der Waals surface area contributed by atoms with Gasteiger partial charge in [0.15, 0.2) is 0 Å². The van der Waals surface area contributed by atoms with E-state index < -0.39 is 0 Å². The summed E-state index contributed by atoms with van der Waals surface area (Å²) >= 11 is 0. The number of hydrogen-bond acceptors (Lipinski definition) is 4. The number of hydrazone groups is 1. The van der Waals surface area contributed by atoms with Crippen LogP contribution >= 0.6 is 0 Å². The van der Waals surface area contributed by atoms with Gasteiger partial charge in [-0.3, -0.25) is 0 Å². The van der Waals surface area contributed by atoms with Crippen LogP contribution in [0, 0.1) is 0 Å². The first-order valence-electron chi connectivity index (χ1n) is 3.24. The summed E-state index contributed by atoms with van der Waals surface area (Å²) in [6.07, 6.45) is 0. The second kappa shape index (κ2) is 2.04. The second-order valence-corrected chi connectivity index (χ2v) is 2.92. The van der Waals surface area contributed by atoms with Gasteiger partial charge in [-0.2, -0.15) is 15.3 Å². The molecule has 1 heterocycles. The SMILES string of the molecule is CC1=NN(C)N=NC1(C)C. The number of rotatable bonds is 0. The highest BCUT2D eigenvalue weighted by Gasteiger charge is 2.24. The summed E-state index contributed by atoms with van der Waals surface area (Å²) in [6, 6.07) is 0. The lowest BCUT2D eigenvalue weighted by molar-refractivity contribution is 0.309. The van der Waals surface area contributed by atoms with Gasteiger partial charge >= 0.3 is 0 Å².